The molecular formula is C18H16ClN3O5. The molecule has 2 aromatic rings. The fraction of sp³-hybridized carbons (Fsp3) is 0.222. The van der Waals surface area contributed by atoms with Crippen LogP contribution in [0.5, 0.6) is 0 Å². The minimum absolute atomic E-state index is 0.116. The Bertz CT molecular complexity index is 896. The maximum absolute atomic E-state index is 12.5. The van der Waals surface area contributed by atoms with Gasteiger partial charge in [-0.2, -0.15) is 0 Å². The van der Waals surface area contributed by atoms with Gasteiger partial charge < -0.3 is 15.0 Å². The van der Waals surface area contributed by atoms with Crippen molar-refractivity contribution >= 4 is 34.8 Å². The molecule has 0 saturated carbocycles. The van der Waals surface area contributed by atoms with Gasteiger partial charge in [-0.15, -0.1) is 0 Å². The lowest BCUT2D eigenvalue weighted by Crippen LogP contribution is -2.40. The number of nitro groups is 1. The lowest BCUT2D eigenvalue weighted by atomic mass is 10.1. The number of benzene rings is 2. The normalized spacial score (nSPS) is 13.9. The van der Waals surface area contributed by atoms with Gasteiger partial charge in [0.25, 0.3) is 17.5 Å². The van der Waals surface area contributed by atoms with Gasteiger partial charge in [0.1, 0.15) is 5.56 Å². The first kappa shape index (κ1) is 18.8. The highest BCUT2D eigenvalue weighted by molar-refractivity contribution is 6.31. The summed E-state index contributed by atoms with van der Waals surface area (Å²) in [7, 11) is 0. The third-order valence-corrected chi connectivity index (χ3v) is 4.30. The number of anilines is 1. The number of nitrogens with one attached hydrogen (secondary N) is 1. The van der Waals surface area contributed by atoms with Gasteiger partial charge in [0, 0.05) is 35.4 Å². The van der Waals surface area contributed by atoms with E-state index in [1.165, 1.54) is 18.2 Å². The van der Waals surface area contributed by atoms with E-state index in [-0.39, 0.29) is 22.2 Å². The van der Waals surface area contributed by atoms with Crippen LogP contribution in [-0.4, -0.2) is 47.9 Å². The Kier molecular flexibility index (Phi) is 5.68. The van der Waals surface area contributed by atoms with E-state index >= 15 is 0 Å². The van der Waals surface area contributed by atoms with Gasteiger partial charge in [0.15, 0.2) is 0 Å². The van der Waals surface area contributed by atoms with Gasteiger partial charge in [-0.25, -0.2) is 0 Å². The van der Waals surface area contributed by atoms with E-state index in [1.54, 1.807) is 23.1 Å². The molecule has 0 bridgehead atoms. The Morgan fingerprint density at radius 3 is 2.59 bits per heavy atom. The summed E-state index contributed by atoms with van der Waals surface area (Å²) in [6.07, 6.45) is 0. The van der Waals surface area contributed by atoms with Crippen molar-refractivity contribution in [1.29, 1.82) is 0 Å². The minimum Gasteiger partial charge on any atom is -0.378 e. The fourth-order valence-electron chi connectivity index (χ4n) is 2.73. The molecule has 0 unspecified atom stereocenters. The van der Waals surface area contributed by atoms with Crippen LogP contribution in [0.3, 0.4) is 0 Å². The molecule has 1 aliphatic rings. The smallest absolute Gasteiger partial charge is 0.283 e. The SMILES string of the molecule is O=C(Nc1cccc(C(=O)N2CCOCC2)c1)c1ccc(Cl)cc1[N+](=O)[O-]. The van der Waals surface area contributed by atoms with Crippen LogP contribution < -0.4 is 5.32 Å². The van der Waals surface area contributed by atoms with Crippen molar-refractivity contribution in [3.8, 4) is 0 Å². The zero-order valence-electron chi connectivity index (χ0n) is 14.2. The van der Waals surface area contributed by atoms with Gasteiger partial charge in [-0.3, -0.25) is 19.7 Å². The quantitative estimate of drug-likeness (QED) is 0.639. The van der Waals surface area contributed by atoms with E-state index in [0.29, 0.717) is 37.6 Å². The predicted molar refractivity (Wildman–Crippen MR) is 99.2 cm³/mol. The molecule has 1 fully saturated rings. The van der Waals surface area contributed by atoms with E-state index in [1.807, 2.05) is 0 Å². The number of rotatable bonds is 4. The van der Waals surface area contributed by atoms with Crippen molar-refractivity contribution in [2.75, 3.05) is 31.6 Å². The molecule has 9 heteroatoms. The number of amides is 2. The van der Waals surface area contributed by atoms with Gasteiger partial charge in [0.2, 0.25) is 0 Å². The first-order chi connectivity index (χ1) is 13.0. The average Bonchev–Trinajstić information content (AvgIpc) is 2.68. The molecule has 1 heterocycles. The average molecular weight is 390 g/mol. The van der Waals surface area contributed by atoms with Crippen LogP contribution in [-0.2, 0) is 4.74 Å². The second-order valence-electron chi connectivity index (χ2n) is 5.86. The van der Waals surface area contributed by atoms with Gasteiger partial charge in [-0.05, 0) is 30.3 Å². The second-order valence-corrected chi connectivity index (χ2v) is 6.29. The number of nitro benzene ring substituents is 1. The molecule has 8 nitrogen and oxygen atoms in total. The van der Waals surface area contributed by atoms with Gasteiger partial charge >= 0.3 is 0 Å². The van der Waals surface area contributed by atoms with Crippen molar-refractivity contribution in [1.82, 2.24) is 4.90 Å². The van der Waals surface area contributed by atoms with Crippen molar-refractivity contribution in [2.24, 2.45) is 0 Å². The molecule has 140 valence electrons. The Morgan fingerprint density at radius 1 is 1.15 bits per heavy atom. The van der Waals surface area contributed by atoms with E-state index in [0.717, 1.165) is 6.07 Å². The monoisotopic (exact) mass is 389 g/mol. The number of morpholine rings is 1. The zero-order chi connectivity index (χ0) is 19.4. The summed E-state index contributed by atoms with van der Waals surface area (Å²) >= 11 is 5.77. The molecule has 1 saturated heterocycles. The summed E-state index contributed by atoms with van der Waals surface area (Å²) in [6.45, 7) is 1.99. The van der Waals surface area contributed by atoms with Crippen molar-refractivity contribution in [3.05, 3.63) is 68.7 Å². The Balaban J connectivity index is 1.79. The van der Waals surface area contributed by atoms with Crippen LogP contribution in [0.15, 0.2) is 42.5 Å². The Morgan fingerprint density at radius 2 is 1.89 bits per heavy atom. The summed E-state index contributed by atoms with van der Waals surface area (Å²) in [5.74, 6) is -0.818. The highest BCUT2D eigenvalue weighted by Crippen LogP contribution is 2.24. The number of hydrogen-bond donors (Lipinski definition) is 1. The standard InChI is InChI=1S/C18H16ClN3O5/c19-13-4-5-15(16(11-13)22(25)26)17(23)20-14-3-1-2-12(10-14)18(24)21-6-8-27-9-7-21/h1-5,10-11H,6-9H2,(H,20,23). The summed E-state index contributed by atoms with van der Waals surface area (Å²) in [5, 5.41) is 13.9. The fourth-order valence-corrected chi connectivity index (χ4v) is 2.89. The summed E-state index contributed by atoms with van der Waals surface area (Å²) in [6, 6.07) is 10.3. The van der Waals surface area contributed by atoms with E-state index < -0.39 is 10.8 Å². The lowest BCUT2D eigenvalue weighted by Gasteiger charge is -2.27. The van der Waals surface area contributed by atoms with Crippen LogP contribution in [0.25, 0.3) is 0 Å². The molecule has 1 aliphatic heterocycles. The molecule has 0 atom stereocenters. The van der Waals surface area contributed by atoms with Crippen LogP contribution >= 0.6 is 11.6 Å². The van der Waals surface area contributed by atoms with E-state index in [2.05, 4.69) is 5.32 Å². The molecule has 0 spiro atoms. The number of carbonyl (C=O) groups is 2. The Hall–Kier alpha value is -2.97. The molecular weight excluding hydrogens is 374 g/mol. The number of hydrogen-bond acceptors (Lipinski definition) is 5. The highest BCUT2D eigenvalue weighted by atomic mass is 35.5. The largest absolute Gasteiger partial charge is 0.378 e. The third kappa shape index (κ3) is 4.42. The molecule has 1 N–H and O–H groups in total. The third-order valence-electron chi connectivity index (χ3n) is 4.07. The number of ether oxygens (including phenoxy) is 1. The van der Waals surface area contributed by atoms with Crippen LogP contribution in [0.1, 0.15) is 20.7 Å². The summed E-state index contributed by atoms with van der Waals surface area (Å²) < 4.78 is 5.23. The van der Waals surface area contributed by atoms with Crippen molar-refractivity contribution in [2.45, 2.75) is 0 Å². The van der Waals surface area contributed by atoms with E-state index in [4.69, 9.17) is 16.3 Å². The van der Waals surface area contributed by atoms with Crippen LogP contribution in [0.2, 0.25) is 5.02 Å². The zero-order valence-corrected chi connectivity index (χ0v) is 14.9. The Labute approximate surface area is 159 Å². The topological polar surface area (TPSA) is 102 Å². The van der Waals surface area contributed by atoms with Crippen molar-refractivity contribution < 1.29 is 19.2 Å². The van der Waals surface area contributed by atoms with Crippen LogP contribution in [0.4, 0.5) is 11.4 Å². The second kappa shape index (κ2) is 8.15. The first-order valence-corrected chi connectivity index (χ1v) is 8.56. The maximum atomic E-state index is 12.5. The molecule has 3 rings (SSSR count). The molecule has 2 aromatic carbocycles. The molecule has 27 heavy (non-hydrogen) atoms. The summed E-state index contributed by atoms with van der Waals surface area (Å²) in [5.41, 5.74) is 0.276. The molecule has 0 radical (unpaired) electrons. The highest BCUT2D eigenvalue weighted by Gasteiger charge is 2.22. The van der Waals surface area contributed by atoms with Gasteiger partial charge in [0.05, 0.1) is 18.1 Å². The molecule has 0 aliphatic carbocycles. The van der Waals surface area contributed by atoms with Gasteiger partial charge in [-0.1, -0.05) is 17.7 Å². The molecule has 0 aromatic heterocycles. The maximum Gasteiger partial charge on any atom is 0.283 e. The first-order valence-electron chi connectivity index (χ1n) is 8.18. The number of carbonyl (C=O) groups excluding carboxylic acids is 2. The minimum atomic E-state index is -0.667. The number of nitrogens with zero attached hydrogens (tertiary/aromatic N) is 2. The molecule has 2 amide bonds. The predicted octanol–water partition coefficient (Wildman–Crippen LogP) is 2.97. The van der Waals surface area contributed by atoms with Crippen LogP contribution in [0, 0.1) is 10.1 Å². The van der Waals surface area contributed by atoms with Crippen molar-refractivity contribution in [3.63, 3.8) is 0 Å². The summed E-state index contributed by atoms with van der Waals surface area (Å²) in [4.78, 5) is 37.2. The number of halogens is 1. The van der Waals surface area contributed by atoms with E-state index in [9.17, 15) is 19.7 Å². The lowest BCUT2D eigenvalue weighted by molar-refractivity contribution is -0.385.